The van der Waals surface area contributed by atoms with Crippen molar-refractivity contribution in [2.24, 2.45) is 17.8 Å². The summed E-state index contributed by atoms with van der Waals surface area (Å²) in [6.45, 7) is 13.1. The van der Waals surface area contributed by atoms with Crippen molar-refractivity contribution in [3.63, 3.8) is 0 Å². The highest BCUT2D eigenvalue weighted by Crippen LogP contribution is 2.38. The second-order valence-corrected chi connectivity index (χ2v) is 7.78. The molecule has 0 aromatic carbocycles. The number of likely N-dealkylation sites (tertiary alicyclic amines) is 1. The Morgan fingerprint density at radius 2 is 2.05 bits per heavy atom. The predicted octanol–water partition coefficient (Wildman–Crippen LogP) is 2.88. The van der Waals surface area contributed by atoms with Crippen molar-refractivity contribution < 1.29 is 5.11 Å². The molecule has 0 aromatic rings. The quantitative estimate of drug-likeness (QED) is 0.791. The summed E-state index contributed by atoms with van der Waals surface area (Å²) in [7, 11) is 0. The molecule has 5 unspecified atom stereocenters. The molecular weight excluding hydrogens is 260 g/mol. The molecule has 124 valence electrons. The molecule has 0 bridgehead atoms. The van der Waals surface area contributed by atoms with Crippen LogP contribution in [0, 0.1) is 17.8 Å². The minimum atomic E-state index is 0.00497. The van der Waals surface area contributed by atoms with Gasteiger partial charge in [-0.3, -0.25) is 0 Å². The van der Waals surface area contributed by atoms with E-state index in [1.807, 2.05) is 0 Å². The zero-order valence-corrected chi connectivity index (χ0v) is 14.6. The number of piperidine rings is 1. The lowest BCUT2D eigenvalue weighted by atomic mass is 9.83. The molecule has 5 atom stereocenters. The molecule has 2 rings (SSSR count). The third-order valence-corrected chi connectivity index (χ3v) is 6.25. The van der Waals surface area contributed by atoms with E-state index in [-0.39, 0.29) is 5.54 Å². The van der Waals surface area contributed by atoms with Crippen molar-refractivity contribution in [2.45, 2.75) is 71.4 Å². The number of nitrogens with zero attached hydrogens (tertiary/aromatic N) is 1. The van der Waals surface area contributed by atoms with Gasteiger partial charge in [-0.15, -0.1) is 0 Å². The molecule has 2 aliphatic rings. The van der Waals surface area contributed by atoms with Gasteiger partial charge in [-0.2, -0.15) is 0 Å². The number of rotatable bonds is 6. The van der Waals surface area contributed by atoms with Crippen LogP contribution in [0.1, 0.15) is 59.8 Å². The molecule has 0 aromatic heterocycles. The van der Waals surface area contributed by atoms with Crippen molar-refractivity contribution in [1.29, 1.82) is 0 Å². The molecule has 2 N–H and O–H groups in total. The highest BCUT2D eigenvalue weighted by atomic mass is 16.3. The first-order chi connectivity index (χ1) is 10.0. The molecule has 3 heteroatoms. The summed E-state index contributed by atoms with van der Waals surface area (Å²) in [5.74, 6) is 2.28. The van der Waals surface area contributed by atoms with E-state index >= 15 is 0 Å². The Morgan fingerprint density at radius 1 is 1.29 bits per heavy atom. The van der Waals surface area contributed by atoms with Crippen molar-refractivity contribution >= 4 is 0 Å². The van der Waals surface area contributed by atoms with Crippen LogP contribution in [-0.2, 0) is 0 Å². The van der Waals surface area contributed by atoms with Crippen molar-refractivity contribution in [2.75, 3.05) is 26.2 Å². The van der Waals surface area contributed by atoms with Crippen LogP contribution in [0.3, 0.4) is 0 Å². The molecule has 1 saturated carbocycles. The fourth-order valence-electron chi connectivity index (χ4n) is 4.86. The van der Waals surface area contributed by atoms with Gasteiger partial charge in [0.05, 0.1) is 6.61 Å². The molecule has 0 radical (unpaired) electrons. The molecule has 1 aliphatic heterocycles. The predicted molar refractivity (Wildman–Crippen MR) is 89.4 cm³/mol. The normalized spacial score (nSPS) is 41.6. The minimum Gasteiger partial charge on any atom is -0.394 e. The lowest BCUT2D eigenvalue weighted by Crippen LogP contribution is -2.53. The van der Waals surface area contributed by atoms with Gasteiger partial charge < -0.3 is 15.3 Å². The molecule has 1 heterocycles. The summed E-state index contributed by atoms with van der Waals surface area (Å²) in [5.41, 5.74) is 0.00497. The first-order valence-corrected chi connectivity index (χ1v) is 9.12. The Kier molecular flexibility index (Phi) is 6.10. The summed E-state index contributed by atoms with van der Waals surface area (Å²) in [4.78, 5) is 2.70. The molecule has 0 spiro atoms. The van der Waals surface area contributed by atoms with Crippen LogP contribution in [0.15, 0.2) is 0 Å². The SMILES string of the molecule is CCNC1(CO)CCCC1CCN1CC(C)CC(C)C1C. The zero-order chi connectivity index (χ0) is 15.5. The lowest BCUT2D eigenvalue weighted by molar-refractivity contribution is 0.0610. The average molecular weight is 296 g/mol. The van der Waals surface area contributed by atoms with Crippen LogP contribution >= 0.6 is 0 Å². The maximum atomic E-state index is 9.92. The van der Waals surface area contributed by atoms with Gasteiger partial charge in [-0.1, -0.05) is 27.2 Å². The standard InChI is InChI=1S/C18H36N2O/c1-5-19-18(13-21)9-6-7-17(18)8-10-20-12-14(2)11-15(3)16(20)4/h14-17,19,21H,5-13H2,1-4H3. The molecular formula is C18H36N2O. The van der Waals surface area contributed by atoms with Crippen molar-refractivity contribution in [3.8, 4) is 0 Å². The van der Waals surface area contributed by atoms with E-state index in [0.29, 0.717) is 18.6 Å². The summed E-state index contributed by atoms with van der Waals surface area (Å²) in [6.07, 6.45) is 6.29. The second-order valence-electron chi connectivity index (χ2n) is 7.78. The van der Waals surface area contributed by atoms with E-state index in [1.165, 1.54) is 38.8 Å². The van der Waals surface area contributed by atoms with Gasteiger partial charge in [0.1, 0.15) is 0 Å². The Bertz CT molecular complexity index is 322. The maximum absolute atomic E-state index is 9.92. The summed E-state index contributed by atoms with van der Waals surface area (Å²) in [5, 5.41) is 13.5. The number of nitrogens with one attached hydrogen (secondary N) is 1. The van der Waals surface area contributed by atoms with E-state index < -0.39 is 0 Å². The minimum absolute atomic E-state index is 0.00497. The van der Waals surface area contributed by atoms with Crippen LogP contribution < -0.4 is 5.32 Å². The largest absolute Gasteiger partial charge is 0.394 e. The summed E-state index contributed by atoms with van der Waals surface area (Å²) in [6, 6.07) is 0.713. The first kappa shape index (κ1) is 17.2. The highest BCUT2D eigenvalue weighted by Gasteiger charge is 2.41. The molecule has 0 amide bonds. The van der Waals surface area contributed by atoms with Gasteiger partial charge in [0.15, 0.2) is 0 Å². The Morgan fingerprint density at radius 3 is 2.71 bits per heavy atom. The van der Waals surface area contributed by atoms with E-state index in [9.17, 15) is 5.11 Å². The van der Waals surface area contributed by atoms with Crippen LogP contribution in [0.4, 0.5) is 0 Å². The first-order valence-electron chi connectivity index (χ1n) is 9.12. The highest BCUT2D eigenvalue weighted by molar-refractivity contribution is 4.99. The fourth-order valence-corrected chi connectivity index (χ4v) is 4.86. The monoisotopic (exact) mass is 296 g/mol. The zero-order valence-electron chi connectivity index (χ0n) is 14.6. The number of aliphatic hydroxyl groups is 1. The van der Waals surface area contributed by atoms with Crippen LogP contribution in [0.25, 0.3) is 0 Å². The summed E-state index contributed by atoms with van der Waals surface area (Å²) >= 11 is 0. The van der Waals surface area contributed by atoms with Crippen LogP contribution in [0.5, 0.6) is 0 Å². The van der Waals surface area contributed by atoms with Crippen molar-refractivity contribution in [3.05, 3.63) is 0 Å². The Labute approximate surface area is 131 Å². The Hall–Kier alpha value is -0.120. The number of likely N-dealkylation sites (N-methyl/N-ethyl adjacent to an activating group) is 1. The molecule has 1 saturated heterocycles. The third-order valence-electron chi connectivity index (χ3n) is 6.25. The maximum Gasteiger partial charge on any atom is 0.0616 e. The van der Waals surface area contributed by atoms with E-state index in [0.717, 1.165) is 24.8 Å². The second kappa shape index (κ2) is 7.43. The smallest absolute Gasteiger partial charge is 0.0616 e. The molecule has 3 nitrogen and oxygen atoms in total. The molecule has 2 fully saturated rings. The fraction of sp³-hybridized carbons (Fsp3) is 1.00. The van der Waals surface area contributed by atoms with Gasteiger partial charge in [0.2, 0.25) is 0 Å². The topological polar surface area (TPSA) is 35.5 Å². The number of hydrogen-bond donors (Lipinski definition) is 2. The van der Waals surface area contributed by atoms with Gasteiger partial charge in [-0.05, 0) is 63.5 Å². The van der Waals surface area contributed by atoms with Gasteiger partial charge in [0, 0.05) is 18.1 Å². The van der Waals surface area contributed by atoms with E-state index in [1.54, 1.807) is 0 Å². The van der Waals surface area contributed by atoms with Crippen LogP contribution in [-0.4, -0.2) is 47.8 Å². The summed E-state index contributed by atoms with van der Waals surface area (Å²) < 4.78 is 0. The molecule has 1 aliphatic carbocycles. The van der Waals surface area contributed by atoms with E-state index in [2.05, 4.69) is 37.9 Å². The number of aliphatic hydroxyl groups excluding tert-OH is 1. The van der Waals surface area contributed by atoms with Gasteiger partial charge in [-0.25, -0.2) is 0 Å². The molecule has 21 heavy (non-hydrogen) atoms. The lowest BCUT2D eigenvalue weighted by Gasteiger charge is -2.42. The van der Waals surface area contributed by atoms with Crippen LogP contribution in [0.2, 0.25) is 0 Å². The van der Waals surface area contributed by atoms with Gasteiger partial charge >= 0.3 is 0 Å². The third kappa shape index (κ3) is 3.80. The Balaban J connectivity index is 1.92. The average Bonchev–Trinajstić information content (AvgIpc) is 2.85. The van der Waals surface area contributed by atoms with Crippen molar-refractivity contribution in [1.82, 2.24) is 10.2 Å². The number of hydrogen-bond acceptors (Lipinski definition) is 3. The van der Waals surface area contributed by atoms with E-state index in [4.69, 9.17) is 0 Å². The van der Waals surface area contributed by atoms with Gasteiger partial charge in [0.25, 0.3) is 0 Å².